The molecule has 0 saturated carbocycles. The third-order valence-electron chi connectivity index (χ3n) is 11.1. The lowest BCUT2D eigenvalue weighted by Crippen LogP contribution is -2.12. The monoisotopic (exact) mass is 725 g/mol. The van der Waals surface area contributed by atoms with Gasteiger partial charge in [0.05, 0.1) is 5.69 Å². The van der Waals surface area contributed by atoms with Crippen molar-refractivity contribution in [1.29, 1.82) is 0 Å². The molecular weight excluding hydrogens is 687 g/mol. The van der Waals surface area contributed by atoms with E-state index in [0.29, 0.717) is 0 Å². The second-order valence-electron chi connectivity index (χ2n) is 14.5. The second kappa shape index (κ2) is 15.0. The van der Waals surface area contributed by atoms with Crippen LogP contribution in [0.15, 0.2) is 237 Å². The molecule has 0 amide bonds. The van der Waals surface area contributed by atoms with E-state index in [9.17, 15) is 0 Å². The lowest BCUT2D eigenvalue weighted by molar-refractivity contribution is 1.28. The summed E-state index contributed by atoms with van der Waals surface area (Å²) in [7, 11) is 0. The third-order valence-corrected chi connectivity index (χ3v) is 11.1. The van der Waals surface area contributed by atoms with Gasteiger partial charge in [-0.15, -0.1) is 0 Å². The van der Waals surface area contributed by atoms with Crippen molar-refractivity contribution >= 4 is 38.6 Å². The summed E-state index contributed by atoms with van der Waals surface area (Å²) >= 11 is 0. The average molecular weight is 726 g/mol. The summed E-state index contributed by atoms with van der Waals surface area (Å²) in [4.78, 5) is 2.43. The molecule has 10 aromatic rings. The lowest BCUT2D eigenvalue weighted by atomic mass is 9.87. The Morgan fingerprint density at radius 1 is 0.246 bits per heavy atom. The molecular formula is C56H39N. The van der Waals surface area contributed by atoms with Crippen molar-refractivity contribution in [3.63, 3.8) is 0 Å². The predicted octanol–water partition coefficient (Wildman–Crippen LogP) is 15.8. The maximum Gasteiger partial charge on any atom is 0.0546 e. The molecule has 0 aliphatic carbocycles. The molecule has 1 nitrogen and oxygen atoms in total. The summed E-state index contributed by atoms with van der Waals surface area (Å²) in [6.07, 6.45) is 0. The first-order chi connectivity index (χ1) is 28.3. The van der Waals surface area contributed by atoms with Gasteiger partial charge in [0.25, 0.3) is 0 Å². The van der Waals surface area contributed by atoms with Crippen molar-refractivity contribution in [2.75, 3.05) is 4.90 Å². The van der Waals surface area contributed by atoms with E-state index in [2.05, 4.69) is 241 Å². The molecule has 1 heteroatoms. The quantitative estimate of drug-likeness (QED) is 0.141. The normalized spacial score (nSPS) is 11.2. The lowest BCUT2D eigenvalue weighted by Gasteiger charge is -2.30. The number of benzene rings is 10. The molecule has 0 N–H and O–H groups in total. The molecule has 57 heavy (non-hydrogen) atoms. The Morgan fingerprint density at radius 3 is 1.37 bits per heavy atom. The van der Waals surface area contributed by atoms with Gasteiger partial charge in [0.1, 0.15) is 0 Å². The minimum Gasteiger partial charge on any atom is -0.310 e. The van der Waals surface area contributed by atoms with Crippen LogP contribution in [0.3, 0.4) is 0 Å². The van der Waals surface area contributed by atoms with Crippen LogP contribution in [0.25, 0.3) is 77.2 Å². The number of rotatable bonds is 8. The molecule has 0 unspecified atom stereocenters. The van der Waals surface area contributed by atoms with Crippen LogP contribution in [-0.4, -0.2) is 0 Å². The summed E-state index contributed by atoms with van der Waals surface area (Å²) in [5, 5.41) is 5.07. The molecule has 0 spiro atoms. The molecule has 10 aromatic carbocycles. The number of hydrogen-bond donors (Lipinski definition) is 0. The molecule has 0 radical (unpaired) electrons. The van der Waals surface area contributed by atoms with Crippen molar-refractivity contribution in [3.8, 4) is 55.6 Å². The maximum atomic E-state index is 2.43. The van der Waals surface area contributed by atoms with Gasteiger partial charge in [-0.05, 0) is 108 Å². The zero-order valence-corrected chi connectivity index (χ0v) is 31.5. The maximum absolute atomic E-state index is 2.43. The van der Waals surface area contributed by atoms with E-state index < -0.39 is 0 Å². The summed E-state index contributed by atoms with van der Waals surface area (Å²) in [6, 6.07) is 85.7. The molecule has 0 atom stereocenters. The van der Waals surface area contributed by atoms with Gasteiger partial charge in [-0.1, -0.05) is 200 Å². The summed E-state index contributed by atoms with van der Waals surface area (Å²) in [5.41, 5.74) is 15.2. The molecule has 10 rings (SSSR count). The molecule has 0 bridgehead atoms. The summed E-state index contributed by atoms with van der Waals surface area (Å²) in [6.45, 7) is 0. The largest absolute Gasteiger partial charge is 0.310 e. The van der Waals surface area contributed by atoms with Crippen molar-refractivity contribution in [2.45, 2.75) is 0 Å². The van der Waals surface area contributed by atoms with Crippen LogP contribution in [0.5, 0.6) is 0 Å². The summed E-state index contributed by atoms with van der Waals surface area (Å²) in [5.74, 6) is 0. The average Bonchev–Trinajstić information content (AvgIpc) is 3.30. The number of fused-ring (bicyclic) bond motifs is 3. The zero-order valence-electron chi connectivity index (χ0n) is 31.5. The van der Waals surface area contributed by atoms with Crippen LogP contribution >= 0.6 is 0 Å². The summed E-state index contributed by atoms with van der Waals surface area (Å²) < 4.78 is 0. The fraction of sp³-hybridized carbons (Fsp3) is 0. The Balaban J connectivity index is 1.16. The fourth-order valence-electron chi connectivity index (χ4n) is 8.29. The Hall–Kier alpha value is -7.48. The van der Waals surface area contributed by atoms with Crippen molar-refractivity contribution in [2.24, 2.45) is 0 Å². The van der Waals surface area contributed by atoms with Crippen molar-refractivity contribution in [3.05, 3.63) is 237 Å². The molecule has 268 valence electrons. The van der Waals surface area contributed by atoms with E-state index in [1.807, 2.05) is 0 Å². The van der Waals surface area contributed by atoms with Crippen LogP contribution < -0.4 is 4.90 Å². The Labute approximate surface area is 334 Å². The van der Waals surface area contributed by atoms with E-state index in [4.69, 9.17) is 0 Å². The van der Waals surface area contributed by atoms with Crippen molar-refractivity contribution < 1.29 is 0 Å². The third kappa shape index (κ3) is 6.56. The van der Waals surface area contributed by atoms with Crippen LogP contribution in [0, 0.1) is 0 Å². The van der Waals surface area contributed by atoms with Gasteiger partial charge in [0.2, 0.25) is 0 Å². The van der Waals surface area contributed by atoms with Gasteiger partial charge in [-0.3, -0.25) is 0 Å². The van der Waals surface area contributed by atoms with Gasteiger partial charge in [0.15, 0.2) is 0 Å². The minimum atomic E-state index is 1.08. The van der Waals surface area contributed by atoms with E-state index >= 15 is 0 Å². The predicted molar refractivity (Wildman–Crippen MR) is 243 cm³/mol. The highest BCUT2D eigenvalue weighted by molar-refractivity contribution is 6.08. The van der Waals surface area contributed by atoms with Gasteiger partial charge in [-0.2, -0.15) is 0 Å². The highest BCUT2D eigenvalue weighted by atomic mass is 15.1. The van der Waals surface area contributed by atoms with E-state index in [-0.39, 0.29) is 0 Å². The van der Waals surface area contributed by atoms with Crippen LogP contribution in [0.2, 0.25) is 0 Å². The zero-order chi connectivity index (χ0) is 38.0. The van der Waals surface area contributed by atoms with Crippen molar-refractivity contribution in [1.82, 2.24) is 0 Å². The fourth-order valence-corrected chi connectivity index (χ4v) is 8.29. The Bertz CT molecular complexity index is 2970. The number of nitrogens with zero attached hydrogens (tertiary/aromatic N) is 1. The van der Waals surface area contributed by atoms with E-state index in [1.54, 1.807) is 0 Å². The molecule has 0 fully saturated rings. The first-order valence-electron chi connectivity index (χ1n) is 19.6. The molecule has 0 aliphatic heterocycles. The van der Waals surface area contributed by atoms with Gasteiger partial charge < -0.3 is 4.90 Å². The van der Waals surface area contributed by atoms with Crippen LogP contribution in [0.4, 0.5) is 17.1 Å². The first-order valence-corrected chi connectivity index (χ1v) is 19.6. The molecule has 0 saturated heterocycles. The van der Waals surface area contributed by atoms with Gasteiger partial charge >= 0.3 is 0 Å². The number of hydrogen-bond acceptors (Lipinski definition) is 1. The molecule has 0 heterocycles. The highest BCUT2D eigenvalue weighted by Gasteiger charge is 2.23. The first kappa shape index (κ1) is 34.0. The second-order valence-corrected chi connectivity index (χ2v) is 14.5. The standard InChI is InChI=1S/C56H39N/c1-4-15-40(16-5-1)41-29-34-48(35-30-41)57(49-36-31-42(32-37-49)46-33-38-52-47(39-46)28-27-45-21-10-11-22-50(45)52)55-26-14-25-53(44-19-8-3-9-20-44)56(55)54-24-13-12-23-51(54)43-17-6-2-7-18-43/h1-39H. The highest BCUT2D eigenvalue weighted by Crippen LogP contribution is 2.48. The van der Waals surface area contributed by atoms with Crippen LogP contribution in [-0.2, 0) is 0 Å². The van der Waals surface area contributed by atoms with E-state index in [1.165, 1.54) is 77.2 Å². The smallest absolute Gasteiger partial charge is 0.0546 e. The topological polar surface area (TPSA) is 3.24 Å². The van der Waals surface area contributed by atoms with Gasteiger partial charge in [0, 0.05) is 16.9 Å². The van der Waals surface area contributed by atoms with Gasteiger partial charge in [-0.25, -0.2) is 0 Å². The van der Waals surface area contributed by atoms with Crippen LogP contribution in [0.1, 0.15) is 0 Å². The molecule has 0 aromatic heterocycles. The van der Waals surface area contributed by atoms with E-state index in [0.717, 1.165) is 17.1 Å². The SMILES string of the molecule is c1ccc(-c2ccc(N(c3ccc(-c4ccc5c(ccc6ccccc65)c4)cc3)c3cccc(-c4ccccc4)c3-c3ccccc3-c3ccccc3)cc2)cc1. The Morgan fingerprint density at radius 2 is 0.702 bits per heavy atom. The Kier molecular flexibility index (Phi) is 8.95. The molecule has 0 aliphatic rings. The minimum absolute atomic E-state index is 1.08. The number of anilines is 3.